The van der Waals surface area contributed by atoms with Crippen molar-refractivity contribution in [3.05, 3.63) is 66.1 Å². The largest absolute Gasteiger partial charge is 0.361 e. The minimum atomic E-state index is -0.386. The lowest BCUT2D eigenvalue weighted by molar-refractivity contribution is 0.202. The first kappa shape index (κ1) is 16.1. The summed E-state index contributed by atoms with van der Waals surface area (Å²) >= 11 is 0. The van der Waals surface area contributed by atoms with Gasteiger partial charge in [0, 0.05) is 23.6 Å². The number of likely N-dealkylation sites (tertiary alicyclic amines) is 1. The summed E-state index contributed by atoms with van der Waals surface area (Å²) in [7, 11) is 0. The molecule has 4 heterocycles. The van der Waals surface area contributed by atoms with E-state index < -0.39 is 0 Å². The predicted molar refractivity (Wildman–Crippen MR) is 98.2 cm³/mol. The number of aromatic nitrogens is 4. The molecule has 1 aliphatic heterocycles. The standard InChI is InChI=1S/C20H18FN5O/c21-14-7-8-17(23-11-14)19-24-20(27-25-19)18-6-3-9-26(18)12-13-10-22-16-5-2-1-4-15(13)16/h1-2,4-5,7-8,10-11,18,22H,3,6,9,12H2/t18-/m0/s1. The second kappa shape index (κ2) is 6.59. The predicted octanol–water partition coefficient (Wildman–Crippen LogP) is 4.09. The number of hydrogen-bond acceptors (Lipinski definition) is 5. The van der Waals surface area contributed by atoms with Gasteiger partial charge in [-0.25, -0.2) is 9.37 Å². The van der Waals surface area contributed by atoms with E-state index in [-0.39, 0.29) is 11.9 Å². The number of pyridine rings is 1. The third-order valence-electron chi connectivity index (χ3n) is 5.10. The van der Waals surface area contributed by atoms with Gasteiger partial charge in [-0.3, -0.25) is 4.90 Å². The van der Waals surface area contributed by atoms with Gasteiger partial charge in [0.25, 0.3) is 0 Å². The quantitative estimate of drug-likeness (QED) is 0.591. The number of para-hydroxylation sites is 1. The number of rotatable bonds is 4. The fourth-order valence-electron chi connectivity index (χ4n) is 3.76. The third-order valence-corrected chi connectivity index (χ3v) is 5.10. The summed E-state index contributed by atoms with van der Waals surface area (Å²) in [5.74, 6) is 0.598. The lowest BCUT2D eigenvalue weighted by Crippen LogP contribution is -2.22. The maximum atomic E-state index is 13.1. The average Bonchev–Trinajstić information content (AvgIpc) is 3.43. The highest BCUT2D eigenvalue weighted by Gasteiger charge is 2.31. The molecule has 1 fully saturated rings. The Bertz CT molecular complexity index is 1070. The van der Waals surface area contributed by atoms with Gasteiger partial charge >= 0.3 is 0 Å². The Balaban J connectivity index is 1.39. The molecule has 0 amide bonds. The zero-order valence-electron chi connectivity index (χ0n) is 14.6. The molecule has 1 aliphatic rings. The minimum absolute atomic E-state index is 0.0837. The smallest absolute Gasteiger partial charge is 0.244 e. The van der Waals surface area contributed by atoms with Gasteiger partial charge in [-0.2, -0.15) is 4.98 Å². The highest BCUT2D eigenvalue weighted by molar-refractivity contribution is 5.82. The average molecular weight is 363 g/mol. The summed E-state index contributed by atoms with van der Waals surface area (Å²) in [4.78, 5) is 14.2. The molecule has 0 bridgehead atoms. The van der Waals surface area contributed by atoms with Gasteiger partial charge in [-0.1, -0.05) is 23.4 Å². The molecule has 1 aromatic carbocycles. The van der Waals surface area contributed by atoms with Crippen molar-refractivity contribution in [1.82, 2.24) is 25.0 Å². The van der Waals surface area contributed by atoms with Crippen LogP contribution in [0.4, 0.5) is 4.39 Å². The Labute approximate surface area is 155 Å². The molecule has 0 unspecified atom stereocenters. The zero-order valence-corrected chi connectivity index (χ0v) is 14.6. The van der Waals surface area contributed by atoms with Crippen molar-refractivity contribution in [2.45, 2.75) is 25.4 Å². The lowest BCUT2D eigenvalue weighted by Gasteiger charge is -2.21. The van der Waals surface area contributed by atoms with Gasteiger partial charge in [0.2, 0.25) is 11.7 Å². The molecule has 0 aliphatic carbocycles. The van der Waals surface area contributed by atoms with E-state index in [9.17, 15) is 4.39 Å². The van der Waals surface area contributed by atoms with Crippen LogP contribution in [0.5, 0.6) is 0 Å². The van der Waals surface area contributed by atoms with Gasteiger partial charge in [-0.05, 0) is 43.1 Å². The minimum Gasteiger partial charge on any atom is -0.361 e. The van der Waals surface area contributed by atoms with E-state index in [1.54, 1.807) is 6.07 Å². The molecule has 1 saturated heterocycles. The normalized spacial score (nSPS) is 17.7. The molecule has 7 heteroatoms. The summed E-state index contributed by atoms with van der Waals surface area (Å²) in [6, 6.07) is 11.3. The van der Waals surface area contributed by atoms with Crippen LogP contribution in [0.1, 0.15) is 30.3 Å². The van der Waals surface area contributed by atoms with E-state index >= 15 is 0 Å². The topological polar surface area (TPSA) is 70.8 Å². The number of nitrogens with one attached hydrogen (secondary N) is 1. The van der Waals surface area contributed by atoms with Gasteiger partial charge < -0.3 is 9.51 Å². The molecular weight excluding hydrogens is 345 g/mol. The number of fused-ring (bicyclic) bond motifs is 1. The second-order valence-corrected chi connectivity index (χ2v) is 6.81. The van der Waals surface area contributed by atoms with Crippen LogP contribution in [0, 0.1) is 5.82 Å². The van der Waals surface area contributed by atoms with Crippen molar-refractivity contribution in [3.8, 4) is 11.5 Å². The first-order valence-electron chi connectivity index (χ1n) is 9.02. The Hall–Kier alpha value is -3.06. The van der Waals surface area contributed by atoms with Crippen LogP contribution in [-0.4, -0.2) is 31.6 Å². The molecule has 5 rings (SSSR count). The summed E-state index contributed by atoms with van der Waals surface area (Å²) in [5.41, 5.74) is 2.91. The van der Waals surface area contributed by atoms with Crippen molar-refractivity contribution in [3.63, 3.8) is 0 Å². The number of benzene rings is 1. The third kappa shape index (κ3) is 3.00. The van der Waals surface area contributed by atoms with Crippen molar-refractivity contribution in [2.75, 3.05) is 6.54 Å². The number of nitrogens with zero attached hydrogens (tertiary/aromatic N) is 4. The molecule has 4 aromatic rings. The van der Waals surface area contributed by atoms with Crippen LogP contribution in [0.25, 0.3) is 22.4 Å². The Morgan fingerprint density at radius 1 is 1.22 bits per heavy atom. The number of aromatic amines is 1. The summed E-state index contributed by atoms with van der Waals surface area (Å²) in [6.07, 6.45) is 5.28. The first-order chi connectivity index (χ1) is 13.3. The van der Waals surface area contributed by atoms with Crippen LogP contribution in [0.3, 0.4) is 0 Å². The molecule has 3 aromatic heterocycles. The van der Waals surface area contributed by atoms with E-state index in [1.165, 1.54) is 17.0 Å². The Morgan fingerprint density at radius 3 is 3.04 bits per heavy atom. The molecule has 0 saturated carbocycles. The maximum Gasteiger partial charge on any atom is 0.244 e. The van der Waals surface area contributed by atoms with Crippen molar-refractivity contribution in [2.24, 2.45) is 0 Å². The van der Waals surface area contributed by atoms with E-state index in [0.717, 1.165) is 37.6 Å². The Kier molecular flexibility index (Phi) is 3.94. The van der Waals surface area contributed by atoms with Crippen LogP contribution < -0.4 is 0 Å². The van der Waals surface area contributed by atoms with Crippen LogP contribution >= 0.6 is 0 Å². The second-order valence-electron chi connectivity index (χ2n) is 6.81. The van der Waals surface area contributed by atoms with Gasteiger partial charge in [0.05, 0.1) is 12.2 Å². The maximum absolute atomic E-state index is 13.1. The van der Waals surface area contributed by atoms with E-state index in [0.29, 0.717) is 17.4 Å². The van der Waals surface area contributed by atoms with Gasteiger partial charge in [0.1, 0.15) is 11.5 Å². The van der Waals surface area contributed by atoms with Gasteiger partial charge in [-0.15, -0.1) is 0 Å². The highest BCUT2D eigenvalue weighted by atomic mass is 19.1. The lowest BCUT2D eigenvalue weighted by atomic mass is 10.1. The molecule has 1 atom stereocenters. The van der Waals surface area contributed by atoms with Crippen LogP contribution in [-0.2, 0) is 6.54 Å². The number of hydrogen-bond donors (Lipinski definition) is 1. The van der Waals surface area contributed by atoms with E-state index in [2.05, 4.69) is 49.4 Å². The van der Waals surface area contributed by atoms with Crippen molar-refractivity contribution < 1.29 is 8.91 Å². The Morgan fingerprint density at radius 2 is 2.15 bits per heavy atom. The van der Waals surface area contributed by atoms with Crippen LogP contribution in [0.2, 0.25) is 0 Å². The molecule has 1 N–H and O–H groups in total. The number of H-pyrrole nitrogens is 1. The molecule has 6 nitrogen and oxygen atoms in total. The molecule has 0 spiro atoms. The highest BCUT2D eigenvalue weighted by Crippen LogP contribution is 2.34. The number of halogens is 1. The molecule has 0 radical (unpaired) electrons. The molecule has 136 valence electrons. The molecular formula is C20H18FN5O. The van der Waals surface area contributed by atoms with E-state index in [1.807, 2.05) is 6.07 Å². The monoisotopic (exact) mass is 363 g/mol. The fourth-order valence-corrected chi connectivity index (χ4v) is 3.76. The van der Waals surface area contributed by atoms with Crippen molar-refractivity contribution >= 4 is 10.9 Å². The van der Waals surface area contributed by atoms with Crippen LogP contribution in [0.15, 0.2) is 53.3 Å². The summed E-state index contributed by atoms with van der Waals surface area (Å²) in [5, 5.41) is 5.28. The van der Waals surface area contributed by atoms with Crippen molar-refractivity contribution in [1.29, 1.82) is 0 Å². The van der Waals surface area contributed by atoms with E-state index in [4.69, 9.17) is 4.52 Å². The zero-order chi connectivity index (χ0) is 18.2. The molecule has 27 heavy (non-hydrogen) atoms. The summed E-state index contributed by atoms with van der Waals surface area (Å²) < 4.78 is 18.6. The van der Waals surface area contributed by atoms with Gasteiger partial charge in [0.15, 0.2) is 0 Å². The SMILES string of the molecule is Fc1ccc(-c2noc([C@@H]3CCCN3Cc3c[nH]c4ccccc34)n2)nc1. The summed E-state index contributed by atoms with van der Waals surface area (Å²) in [6.45, 7) is 1.80. The fraction of sp³-hybridized carbons (Fsp3) is 0.250. The first-order valence-corrected chi connectivity index (χ1v) is 9.02.